The van der Waals surface area contributed by atoms with Crippen LogP contribution >= 0.6 is 0 Å². The predicted octanol–water partition coefficient (Wildman–Crippen LogP) is 3.98. The molecule has 0 bridgehead atoms. The molecule has 5 heteroatoms. The molecule has 1 aliphatic heterocycles. The number of nitrogens with one attached hydrogen (secondary N) is 1. The first kappa shape index (κ1) is 19.4. The summed E-state index contributed by atoms with van der Waals surface area (Å²) in [5.41, 5.74) is 2.51. The van der Waals surface area contributed by atoms with E-state index in [2.05, 4.69) is 43.4 Å². The Hall–Kier alpha value is -1.36. The molecule has 144 valence electrons. The van der Waals surface area contributed by atoms with Crippen LogP contribution in [0, 0.1) is 11.8 Å². The maximum Gasteiger partial charge on any atom is 0.224 e. The summed E-state index contributed by atoms with van der Waals surface area (Å²) in [6.45, 7) is 4.18. The van der Waals surface area contributed by atoms with Gasteiger partial charge in [0, 0.05) is 0 Å². The molecule has 3 rings (SSSR count). The van der Waals surface area contributed by atoms with Crippen molar-refractivity contribution in [1.82, 2.24) is 5.32 Å². The van der Waals surface area contributed by atoms with Crippen LogP contribution < -0.4 is 5.32 Å². The predicted molar refractivity (Wildman–Crippen MR) is 105 cm³/mol. The smallest absolute Gasteiger partial charge is 0.224 e. The molecule has 2 fully saturated rings. The zero-order chi connectivity index (χ0) is 18.7. The van der Waals surface area contributed by atoms with Crippen molar-refractivity contribution >= 4 is 15.7 Å². The summed E-state index contributed by atoms with van der Waals surface area (Å²) in [6.07, 6.45) is 7.00. The van der Waals surface area contributed by atoms with E-state index in [0.717, 1.165) is 5.56 Å². The monoisotopic (exact) mass is 377 g/mol. The Bertz CT molecular complexity index is 718. The second-order valence-corrected chi connectivity index (χ2v) is 10.6. The van der Waals surface area contributed by atoms with E-state index in [9.17, 15) is 13.2 Å². The zero-order valence-electron chi connectivity index (χ0n) is 15.9. The molecule has 0 radical (unpaired) electrons. The molecule has 1 aromatic carbocycles. The van der Waals surface area contributed by atoms with Gasteiger partial charge in [0.05, 0.1) is 23.5 Å². The molecule has 1 heterocycles. The molecule has 1 aliphatic carbocycles. The highest BCUT2D eigenvalue weighted by molar-refractivity contribution is 7.91. The van der Waals surface area contributed by atoms with Crippen molar-refractivity contribution in [3.63, 3.8) is 0 Å². The lowest BCUT2D eigenvalue weighted by atomic mass is 9.83. The highest BCUT2D eigenvalue weighted by atomic mass is 32.2. The van der Waals surface area contributed by atoms with Crippen LogP contribution in [0.4, 0.5) is 0 Å². The van der Waals surface area contributed by atoms with Gasteiger partial charge in [0.2, 0.25) is 5.91 Å². The average Bonchev–Trinajstić information content (AvgIpc) is 3.00. The number of carbonyl (C=O) groups is 1. The van der Waals surface area contributed by atoms with Gasteiger partial charge >= 0.3 is 0 Å². The Labute approximate surface area is 157 Å². The first-order valence-corrected chi connectivity index (χ1v) is 11.8. The normalized spacial score (nSPS) is 24.5. The lowest BCUT2D eigenvalue weighted by Crippen LogP contribution is -2.36. The van der Waals surface area contributed by atoms with Gasteiger partial charge in [0.25, 0.3) is 0 Å². The van der Waals surface area contributed by atoms with Crippen LogP contribution in [-0.4, -0.2) is 25.8 Å². The average molecular weight is 378 g/mol. The van der Waals surface area contributed by atoms with Crippen LogP contribution in [-0.2, 0) is 14.6 Å². The number of rotatable bonds is 5. The van der Waals surface area contributed by atoms with Gasteiger partial charge in [-0.3, -0.25) is 4.79 Å². The number of hydrogen-bond donors (Lipinski definition) is 1. The van der Waals surface area contributed by atoms with Gasteiger partial charge in [-0.2, -0.15) is 0 Å². The molecule has 1 aromatic rings. The van der Waals surface area contributed by atoms with Crippen LogP contribution in [0.15, 0.2) is 24.3 Å². The molecule has 1 saturated heterocycles. The Morgan fingerprint density at radius 3 is 2.23 bits per heavy atom. The van der Waals surface area contributed by atoms with Crippen molar-refractivity contribution in [3.05, 3.63) is 35.4 Å². The number of benzene rings is 1. The molecule has 0 unspecified atom stereocenters. The molecule has 1 saturated carbocycles. The summed E-state index contributed by atoms with van der Waals surface area (Å²) in [7, 11) is -3.04. The SMILES string of the molecule is CC(C)[C@H](NC(=O)[C@@H]1CCS(=O)(=O)C1)c1ccc(C2CCCCC2)cc1. The van der Waals surface area contributed by atoms with E-state index in [1.165, 1.54) is 37.7 Å². The summed E-state index contributed by atoms with van der Waals surface area (Å²) >= 11 is 0. The fraction of sp³-hybridized carbons (Fsp3) is 0.667. The molecule has 0 spiro atoms. The summed E-state index contributed by atoms with van der Waals surface area (Å²) in [6, 6.07) is 8.63. The van der Waals surface area contributed by atoms with Crippen LogP contribution in [0.2, 0.25) is 0 Å². The molecular weight excluding hydrogens is 346 g/mol. The van der Waals surface area contributed by atoms with Crippen molar-refractivity contribution in [2.24, 2.45) is 11.8 Å². The molecule has 26 heavy (non-hydrogen) atoms. The van der Waals surface area contributed by atoms with Crippen molar-refractivity contribution in [1.29, 1.82) is 0 Å². The molecule has 2 aliphatic rings. The minimum absolute atomic E-state index is 0.00966. The highest BCUT2D eigenvalue weighted by Gasteiger charge is 2.34. The van der Waals surface area contributed by atoms with E-state index in [1.807, 2.05) is 0 Å². The maximum absolute atomic E-state index is 12.6. The quantitative estimate of drug-likeness (QED) is 0.844. The van der Waals surface area contributed by atoms with Crippen LogP contribution in [0.3, 0.4) is 0 Å². The Kier molecular flexibility index (Phi) is 6.06. The third-order valence-corrected chi connectivity index (χ3v) is 7.71. The molecule has 2 atom stereocenters. The van der Waals surface area contributed by atoms with Crippen molar-refractivity contribution in [2.45, 2.75) is 64.3 Å². The zero-order valence-corrected chi connectivity index (χ0v) is 16.7. The van der Waals surface area contributed by atoms with Crippen molar-refractivity contribution in [3.8, 4) is 0 Å². The minimum Gasteiger partial charge on any atom is -0.349 e. The van der Waals surface area contributed by atoms with Gasteiger partial charge in [-0.05, 0) is 42.2 Å². The summed E-state index contributed by atoms with van der Waals surface area (Å²) in [4.78, 5) is 12.6. The molecule has 4 nitrogen and oxygen atoms in total. The maximum atomic E-state index is 12.6. The second-order valence-electron chi connectivity index (χ2n) is 8.33. The topological polar surface area (TPSA) is 63.2 Å². The lowest BCUT2D eigenvalue weighted by molar-refractivity contribution is -0.125. The van der Waals surface area contributed by atoms with Crippen LogP contribution in [0.5, 0.6) is 0 Å². The molecule has 1 amide bonds. The number of hydrogen-bond acceptors (Lipinski definition) is 3. The van der Waals surface area contributed by atoms with Gasteiger partial charge in [0.15, 0.2) is 9.84 Å². The summed E-state index contributed by atoms with van der Waals surface area (Å²) in [5.74, 6) is 0.521. The Morgan fingerprint density at radius 2 is 1.69 bits per heavy atom. The van der Waals surface area contributed by atoms with Crippen LogP contribution in [0.25, 0.3) is 0 Å². The standard InChI is InChI=1S/C21H31NO3S/c1-15(2)20(22-21(23)19-12-13-26(24,25)14-19)18-10-8-17(9-11-18)16-6-4-3-5-7-16/h8-11,15-16,19-20H,3-7,12-14H2,1-2H3,(H,22,23)/t19-,20+/m1/s1. The van der Waals surface area contributed by atoms with Gasteiger partial charge in [-0.15, -0.1) is 0 Å². The largest absolute Gasteiger partial charge is 0.349 e. The lowest BCUT2D eigenvalue weighted by Gasteiger charge is -2.26. The number of amides is 1. The Morgan fingerprint density at radius 1 is 1.04 bits per heavy atom. The molecular formula is C21H31NO3S. The third-order valence-electron chi connectivity index (χ3n) is 5.94. The fourth-order valence-electron chi connectivity index (χ4n) is 4.32. The third kappa shape index (κ3) is 4.67. The Balaban J connectivity index is 1.68. The second kappa shape index (κ2) is 8.12. The minimum atomic E-state index is -3.04. The van der Waals surface area contributed by atoms with Gasteiger partial charge in [-0.1, -0.05) is 57.4 Å². The first-order chi connectivity index (χ1) is 12.4. The van der Waals surface area contributed by atoms with E-state index in [4.69, 9.17) is 0 Å². The van der Waals surface area contributed by atoms with E-state index in [0.29, 0.717) is 12.3 Å². The molecule has 1 N–H and O–H groups in total. The van der Waals surface area contributed by atoms with Gasteiger partial charge in [0.1, 0.15) is 0 Å². The molecule has 0 aromatic heterocycles. The summed E-state index contributed by atoms with van der Waals surface area (Å²) in [5, 5.41) is 3.11. The van der Waals surface area contributed by atoms with E-state index < -0.39 is 15.8 Å². The van der Waals surface area contributed by atoms with Crippen LogP contribution in [0.1, 0.15) is 75.5 Å². The highest BCUT2D eigenvalue weighted by Crippen LogP contribution is 2.33. The first-order valence-electron chi connectivity index (χ1n) is 9.96. The van der Waals surface area contributed by atoms with E-state index in [1.54, 1.807) is 0 Å². The number of carbonyl (C=O) groups excluding carboxylic acids is 1. The fourth-order valence-corrected chi connectivity index (χ4v) is 6.06. The van der Waals surface area contributed by atoms with Crippen molar-refractivity contribution in [2.75, 3.05) is 11.5 Å². The number of sulfone groups is 1. The van der Waals surface area contributed by atoms with E-state index in [-0.39, 0.29) is 29.4 Å². The van der Waals surface area contributed by atoms with Gasteiger partial charge < -0.3 is 5.32 Å². The van der Waals surface area contributed by atoms with Gasteiger partial charge in [-0.25, -0.2) is 8.42 Å². The van der Waals surface area contributed by atoms with E-state index >= 15 is 0 Å². The van der Waals surface area contributed by atoms with Crippen molar-refractivity contribution < 1.29 is 13.2 Å². The summed E-state index contributed by atoms with van der Waals surface area (Å²) < 4.78 is 23.3.